The molecule has 2 rings (SSSR count). The number of nitrogens with one attached hydrogen (secondary N) is 2. The van der Waals surface area contributed by atoms with Crippen molar-refractivity contribution >= 4 is 18.0 Å². The van der Waals surface area contributed by atoms with Gasteiger partial charge in [0.1, 0.15) is 12.1 Å². The highest BCUT2D eigenvalue weighted by atomic mass is 16.5. The van der Waals surface area contributed by atoms with Gasteiger partial charge in [-0.05, 0) is 37.3 Å². The van der Waals surface area contributed by atoms with E-state index in [1.54, 1.807) is 12.3 Å². The number of rotatable bonds is 12. The number of unbranched alkanes of at least 4 members (excludes halogenated alkanes) is 1. The van der Waals surface area contributed by atoms with Crippen LogP contribution in [0.25, 0.3) is 0 Å². The fourth-order valence-electron chi connectivity index (χ4n) is 3.47. The second-order valence-corrected chi connectivity index (χ2v) is 10.0. The minimum atomic E-state index is -0.708. The van der Waals surface area contributed by atoms with Crippen LogP contribution >= 0.6 is 0 Å². The van der Waals surface area contributed by atoms with Crippen LogP contribution in [-0.2, 0) is 16.0 Å². The number of hydrogen-bond acceptors (Lipinski definition) is 5. The maximum absolute atomic E-state index is 13.4. The Morgan fingerprint density at radius 3 is 2.40 bits per heavy atom. The van der Waals surface area contributed by atoms with Crippen molar-refractivity contribution in [1.29, 1.82) is 0 Å². The Balaban J connectivity index is 2.22. The van der Waals surface area contributed by atoms with Gasteiger partial charge in [0.25, 0.3) is 0 Å². The standard InChI is InChI=1S/C28H40N4O3/c1-7-8-17-29-26(33)23(18-21-13-10-9-11-14-21)32-27(34)25(28(4,5)6)30-19-22-15-12-16-24(31-22)35-20(2)3/h9-16,19-20,23,25H,7-8,17-18H2,1-6H3,(H,29,33)(H,32,34)/t23-,25+/m0/s1. The molecule has 1 aromatic heterocycles. The number of ether oxygens (including phenoxy) is 1. The van der Waals surface area contributed by atoms with Crippen LogP contribution in [0.1, 0.15) is 65.6 Å². The molecule has 0 unspecified atom stereocenters. The number of pyridine rings is 1. The molecule has 2 aromatic rings. The smallest absolute Gasteiger partial charge is 0.245 e. The van der Waals surface area contributed by atoms with Gasteiger partial charge in [0.15, 0.2) is 0 Å². The van der Waals surface area contributed by atoms with Gasteiger partial charge < -0.3 is 15.4 Å². The van der Waals surface area contributed by atoms with Crippen molar-refractivity contribution in [2.45, 2.75) is 79.0 Å². The first kappa shape index (κ1) is 28.0. The van der Waals surface area contributed by atoms with E-state index in [0.29, 0.717) is 24.5 Å². The Kier molecular flexibility index (Phi) is 10.9. The summed E-state index contributed by atoms with van der Waals surface area (Å²) in [4.78, 5) is 35.4. The van der Waals surface area contributed by atoms with E-state index < -0.39 is 17.5 Å². The zero-order chi connectivity index (χ0) is 25.8. The summed E-state index contributed by atoms with van der Waals surface area (Å²) < 4.78 is 5.66. The van der Waals surface area contributed by atoms with Crippen molar-refractivity contribution in [3.8, 4) is 5.88 Å². The molecule has 0 bridgehead atoms. The summed E-state index contributed by atoms with van der Waals surface area (Å²) in [7, 11) is 0. The zero-order valence-electron chi connectivity index (χ0n) is 21.9. The molecule has 0 aliphatic heterocycles. The average Bonchev–Trinajstić information content (AvgIpc) is 2.78. The minimum absolute atomic E-state index is 0.00723. The quantitative estimate of drug-likeness (QED) is 0.349. The van der Waals surface area contributed by atoms with Gasteiger partial charge in [-0.3, -0.25) is 14.6 Å². The highest BCUT2D eigenvalue weighted by Gasteiger charge is 2.33. The lowest BCUT2D eigenvalue weighted by atomic mass is 9.86. The van der Waals surface area contributed by atoms with Crippen molar-refractivity contribution in [2.75, 3.05) is 6.54 Å². The van der Waals surface area contributed by atoms with Crippen LogP contribution in [-0.4, -0.2) is 47.7 Å². The third kappa shape index (κ3) is 9.89. The summed E-state index contributed by atoms with van der Waals surface area (Å²) in [6, 6.07) is 13.7. The molecular formula is C28H40N4O3. The molecule has 0 aliphatic carbocycles. The highest BCUT2D eigenvalue weighted by molar-refractivity contribution is 5.91. The van der Waals surface area contributed by atoms with Gasteiger partial charge in [0.05, 0.1) is 11.8 Å². The zero-order valence-corrected chi connectivity index (χ0v) is 21.9. The molecule has 35 heavy (non-hydrogen) atoms. The monoisotopic (exact) mass is 480 g/mol. The summed E-state index contributed by atoms with van der Waals surface area (Å²) in [5.74, 6) is 0.0230. The number of amides is 2. The lowest BCUT2D eigenvalue weighted by Gasteiger charge is -2.28. The molecule has 0 radical (unpaired) electrons. The first-order valence-corrected chi connectivity index (χ1v) is 12.4. The molecule has 1 heterocycles. The van der Waals surface area contributed by atoms with E-state index in [4.69, 9.17) is 4.74 Å². The van der Waals surface area contributed by atoms with Gasteiger partial charge >= 0.3 is 0 Å². The van der Waals surface area contributed by atoms with Crippen molar-refractivity contribution in [3.05, 3.63) is 59.8 Å². The van der Waals surface area contributed by atoms with Crippen LogP contribution in [0.3, 0.4) is 0 Å². The van der Waals surface area contributed by atoms with Gasteiger partial charge in [-0.15, -0.1) is 0 Å². The van der Waals surface area contributed by atoms with Gasteiger partial charge in [-0.2, -0.15) is 0 Å². The number of aliphatic imine (C=N–C) groups is 1. The number of aromatic nitrogens is 1. The van der Waals surface area contributed by atoms with E-state index in [-0.39, 0.29) is 17.9 Å². The number of carbonyl (C=O) groups is 2. The number of hydrogen-bond donors (Lipinski definition) is 2. The van der Waals surface area contributed by atoms with Crippen LogP contribution < -0.4 is 15.4 Å². The molecule has 7 nitrogen and oxygen atoms in total. The Hall–Kier alpha value is -3.22. The Morgan fingerprint density at radius 2 is 1.77 bits per heavy atom. The van der Waals surface area contributed by atoms with Gasteiger partial charge in [-0.1, -0.05) is 70.5 Å². The van der Waals surface area contributed by atoms with Crippen molar-refractivity contribution in [1.82, 2.24) is 15.6 Å². The first-order valence-electron chi connectivity index (χ1n) is 12.4. The fraction of sp³-hybridized carbons (Fsp3) is 0.500. The largest absolute Gasteiger partial charge is 0.475 e. The van der Waals surface area contributed by atoms with Crippen molar-refractivity contribution < 1.29 is 14.3 Å². The van der Waals surface area contributed by atoms with E-state index >= 15 is 0 Å². The van der Waals surface area contributed by atoms with Gasteiger partial charge in [0.2, 0.25) is 17.7 Å². The maximum atomic E-state index is 13.4. The number of nitrogens with zero attached hydrogens (tertiary/aromatic N) is 2. The van der Waals surface area contributed by atoms with E-state index in [1.165, 1.54) is 0 Å². The SMILES string of the molecule is CCCCNC(=O)[C@H](Cc1ccccc1)NC(=O)[C@@H](N=Cc1cccc(OC(C)C)n1)C(C)(C)C. The topological polar surface area (TPSA) is 92.7 Å². The van der Waals surface area contributed by atoms with E-state index in [9.17, 15) is 9.59 Å². The molecule has 1 aromatic carbocycles. The summed E-state index contributed by atoms with van der Waals surface area (Å²) in [5, 5.41) is 5.91. The highest BCUT2D eigenvalue weighted by Crippen LogP contribution is 2.23. The third-order valence-corrected chi connectivity index (χ3v) is 5.27. The van der Waals surface area contributed by atoms with Crippen LogP contribution in [0.15, 0.2) is 53.5 Å². The molecule has 0 spiro atoms. The molecule has 0 fully saturated rings. The summed E-state index contributed by atoms with van der Waals surface area (Å²) in [6.45, 7) is 12.4. The predicted octanol–water partition coefficient (Wildman–Crippen LogP) is 4.35. The summed E-state index contributed by atoms with van der Waals surface area (Å²) in [5.41, 5.74) is 1.11. The Morgan fingerprint density at radius 1 is 1.06 bits per heavy atom. The summed E-state index contributed by atoms with van der Waals surface area (Å²) in [6.07, 6.45) is 3.87. The normalized spacial score (nSPS) is 13.5. The maximum Gasteiger partial charge on any atom is 0.245 e. The molecule has 2 amide bonds. The van der Waals surface area contributed by atoms with Crippen LogP contribution in [0.5, 0.6) is 5.88 Å². The number of benzene rings is 1. The van der Waals surface area contributed by atoms with Crippen LogP contribution in [0.4, 0.5) is 0 Å². The molecule has 2 N–H and O–H groups in total. The molecule has 190 valence electrons. The Labute approximate surface area is 209 Å². The molecular weight excluding hydrogens is 440 g/mol. The van der Waals surface area contributed by atoms with E-state index in [2.05, 4.69) is 27.5 Å². The average molecular weight is 481 g/mol. The number of carbonyl (C=O) groups excluding carboxylic acids is 2. The van der Waals surface area contributed by atoms with Crippen molar-refractivity contribution in [2.24, 2.45) is 10.4 Å². The second kappa shape index (κ2) is 13.6. The minimum Gasteiger partial charge on any atom is -0.475 e. The van der Waals surface area contributed by atoms with E-state index in [1.807, 2.05) is 77.1 Å². The van der Waals surface area contributed by atoms with Crippen molar-refractivity contribution in [3.63, 3.8) is 0 Å². The van der Waals surface area contributed by atoms with Crippen LogP contribution in [0, 0.1) is 5.41 Å². The lowest BCUT2D eigenvalue weighted by Crippen LogP contribution is -2.52. The van der Waals surface area contributed by atoms with Gasteiger partial charge in [-0.25, -0.2) is 4.98 Å². The molecule has 0 aliphatic rings. The first-order chi connectivity index (χ1) is 16.6. The molecule has 0 saturated carbocycles. The summed E-state index contributed by atoms with van der Waals surface area (Å²) >= 11 is 0. The van der Waals surface area contributed by atoms with Crippen LogP contribution in [0.2, 0.25) is 0 Å². The third-order valence-electron chi connectivity index (χ3n) is 5.27. The molecule has 7 heteroatoms. The fourth-order valence-corrected chi connectivity index (χ4v) is 3.47. The lowest BCUT2D eigenvalue weighted by molar-refractivity contribution is -0.130. The predicted molar refractivity (Wildman–Crippen MR) is 141 cm³/mol. The second-order valence-electron chi connectivity index (χ2n) is 10.0. The molecule has 2 atom stereocenters. The van der Waals surface area contributed by atoms with Gasteiger partial charge in [0, 0.05) is 25.2 Å². The van der Waals surface area contributed by atoms with E-state index in [0.717, 1.165) is 18.4 Å². The molecule has 0 saturated heterocycles. The Bertz CT molecular complexity index is 968.